The Labute approximate surface area is 136 Å². The van der Waals surface area contributed by atoms with E-state index in [4.69, 9.17) is 10.00 Å². The summed E-state index contributed by atoms with van der Waals surface area (Å²) in [6.07, 6.45) is -0.779. The SMILES string of the molecule is CC(C)NCC(O)COc1c(I)cc(C#N)cc1[N+](=O)[O-]. The van der Waals surface area contributed by atoms with Gasteiger partial charge in [-0.2, -0.15) is 5.26 Å². The maximum atomic E-state index is 11.0. The molecule has 1 unspecified atom stereocenters. The largest absolute Gasteiger partial charge is 0.483 e. The van der Waals surface area contributed by atoms with E-state index in [1.165, 1.54) is 6.07 Å². The number of ether oxygens (including phenoxy) is 1. The van der Waals surface area contributed by atoms with E-state index in [9.17, 15) is 15.2 Å². The minimum Gasteiger partial charge on any atom is -0.483 e. The normalized spacial score (nSPS) is 12.0. The average molecular weight is 405 g/mol. The molecule has 1 aromatic carbocycles. The van der Waals surface area contributed by atoms with Gasteiger partial charge in [0.15, 0.2) is 0 Å². The number of halogens is 1. The number of nitrogens with one attached hydrogen (secondary N) is 1. The molecular weight excluding hydrogens is 389 g/mol. The zero-order valence-electron chi connectivity index (χ0n) is 11.7. The first-order chi connectivity index (χ1) is 9.85. The van der Waals surface area contributed by atoms with E-state index < -0.39 is 11.0 Å². The maximum Gasteiger partial charge on any atom is 0.313 e. The van der Waals surface area contributed by atoms with Crippen LogP contribution in [0.25, 0.3) is 0 Å². The predicted molar refractivity (Wildman–Crippen MR) is 85.2 cm³/mol. The monoisotopic (exact) mass is 405 g/mol. The Morgan fingerprint density at radius 2 is 2.24 bits per heavy atom. The van der Waals surface area contributed by atoms with Crippen molar-refractivity contribution >= 4 is 28.3 Å². The van der Waals surface area contributed by atoms with Crippen molar-refractivity contribution < 1.29 is 14.8 Å². The van der Waals surface area contributed by atoms with Crippen molar-refractivity contribution in [2.75, 3.05) is 13.2 Å². The van der Waals surface area contributed by atoms with Crippen LogP contribution >= 0.6 is 22.6 Å². The van der Waals surface area contributed by atoms with Gasteiger partial charge in [0.1, 0.15) is 12.7 Å². The topological polar surface area (TPSA) is 108 Å². The molecule has 1 atom stereocenters. The van der Waals surface area contributed by atoms with Crippen LogP contribution in [0, 0.1) is 25.0 Å². The van der Waals surface area contributed by atoms with E-state index in [1.54, 1.807) is 0 Å². The molecule has 0 saturated heterocycles. The number of nitro groups is 1. The molecule has 0 aromatic heterocycles. The number of nitrogens with zero attached hydrogens (tertiary/aromatic N) is 2. The van der Waals surface area contributed by atoms with Gasteiger partial charge in [-0.05, 0) is 28.7 Å². The summed E-state index contributed by atoms with van der Waals surface area (Å²) < 4.78 is 5.83. The highest BCUT2D eigenvalue weighted by atomic mass is 127. The first kappa shape index (κ1) is 17.6. The van der Waals surface area contributed by atoms with Crippen LogP contribution in [0.3, 0.4) is 0 Å². The van der Waals surface area contributed by atoms with Gasteiger partial charge in [-0.25, -0.2) is 0 Å². The second kappa shape index (κ2) is 8.11. The van der Waals surface area contributed by atoms with Gasteiger partial charge in [-0.1, -0.05) is 13.8 Å². The van der Waals surface area contributed by atoms with Gasteiger partial charge in [-0.15, -0.1) is 0 Å². The van der Waals surface area contributed by atoms with Crippen LogP contribution < -0.4 is 10.1 Å². The lowest BCUT2D eigenvalue weighted by Gasteiger charge is -2.15. The number of nitro benzene ring substituents is 1. The first-order valence-electron chi connectivity index (χ1n) is 6.27. The van der Waals surface area contributed by atoms with Crippen molar-refractivity contribution in [1.82, 2.24) is 5.32 Å². The van der Waals surface area contributed by atoms with E-state index >= 15 is 0 Å². The summed E-state index contributed by atoms with van der Waals surface area (Å²) in [6.45, 7) is 4.16. The number of nitriles is 1. The maximum absolute atomic E-state index is 11.0. The Morgan fingerprint density at radius 3 is 2.76 bits per heavy atom. The smallest absolute Gasteiger partial charge is 0.313 e. The molecule has 7 nitrogen and oxygen atoms in total. The van der Waals surface area contributed by atoms with E-state index in [-0.39, 0.29) is 29.6 Å². The highest BCUT2D eigenvalue weighted by Gasteiger charge is 2.21. The second-order valence-electron chi connectivity index (χ2n) is 4.70. The van der Waals surface area contributed by atoms with Crippen molar-refractivity contribution in [1.29, 1.82) is 5.26 Å². The number of hydrogen-bond donors (Lipinski definition) is 2. The fourth-order valence-corrected chi connectivity index (χ4v) is 2.30. The Kier molecular flexibility index (Phi) is 6.80. The van der Waals surface area contributed by atoms with Gasteiger partial charge in [-0.3, -0.25) is 10.1 Å². The molecule has 0 fully saturated rings. The van der Waals surface area contributed by atoms with Crippen molar-refractivity contribution in [2.45, 2.75) is 26.0 Å². The Bertz CT molecular complexity index is 557. The minimum atomic E-state index is -0.779. The van der Waals surface area contributed by atoms with E-state index in [1.807, 2.05) is 42.5 Å². The molecule has 0 bridgehead atoms. The molecule has 114 valence electrons. The van der Waals surface area contributed by atoms with Crippen LogP contribution in [-0.2, 0) is 0 Å². The summed E-state index contributed by atoms with van der Waals surface area (Å²) in [6, 6.07) is 4.75. The van der Waals surface area contributed by atoms with E-state index in [0.29, 0.717) is 10.1 Å². The molecule has 1 aromatic rings. The molecule has 0 spiro atoms. The number of aliphatic hydroxyl groups is 1. The molecule has 0 amide bonds. The summed E-state index contributed by atoms with van der Waals surface area (Å²) in [7, 11) is 0. The number of rotatable bonds is 7. The molecule has 21 heavy (non-hydrogen) atoms. The third-order valence-electron chi connectivity index (χ3n) is 2.53. The molecule has 0 aliphatic heterocycles. The summed E-state index contributed by atoms with van der Waals surface area (Å²) in [4.78, 5) is 10.4. The minimum absolute atomic E-state index is 0.0670. The van der Waals surface area contributed by atoms with Gasteiger partial charge in [0, 0.05) is 18.7 Å². The van der Waals surface area contributed by atoms with Gasteiger partial charge < -0.3 is 15.2 Å². The summed E-state index contributed by atoms with van der Waals surface area (Å²) in [5, 5.41) is 32.7. The number of aliphatic hydroxyl groups excluding tert-OH is 1. The van der Waals surface area contributed by atoms with Crippen LogP contribution in [0.5, 0.6) is 5.75 Å². The molecule has 0 radical (unpaired) electrons. The van der Waals surface area contributed by atoms with Crippen molar-refractivity contribution in [3.8, 4) is 11.8 Å². The molecule has 0 aliphatic carbocycles. The summed E-state index contributed by atoms with van der Waals surface area (Å²) in [5.41, 5.74) is -0.0806. The van der Waals surface area contributed by atoms with Gasteiger partial charge in [0.25, 0.3) is 0 Å². The Balaban J connectivity index is 2.83. The van der Waals surface area contributed by atoms with E-state index in [0.717, 1.165) is 6.07 Å². The fraction of sp³-hybridized carbons (Fsp3) is 0.462. The lowest BCUT2D eigenvalue weighted by atomic mass is 10.2. The van der Waals surface area contributed by atoms with Gasteiger partial charge in [0.05, 0.1) is 20.1 Å². The van der Waals surface area contributed by atoms with Crippen molar-refractivity contribution in [3.05, 3.63) is 31.4 Å². The highest BCUT2D eigenvalue weighted by Crippen LogP contribution is 2.33. The zero-order valence-corrected chi connectivity index (χ0v) is 13.8. The Morgan fingerprint density at radius 1 is 1.57 bits per heavy atom. The standard InChI is InChI=1S/C13H16IN3O4/c1-8(2)16-6-10(18)7-21-13-11(14)3-9(5-15)4-12(13)17(19)20/h3-4,8,10,16,18H,6-7H2,1-2H3. The molecule has 0 saturated carbocycles. The van der Waals surface area contributed by atoms with Crippen LogP contribution in [0.2, 0.25) is 0 Å². The molecule has 1 rings (SSSR count). The second-order valence-corrected chi connectivity index (χ2v) is 5.87. The predicted octanol–water partition coefficient (Wildman–Crippen LogP) is 1.81. The lowest BCUT2D eigenvalue weighted by molar-refractivity contribution is -0.386. The molecule has 0 heterocycles. The third kappa shape index (κ3) is 5.45. The quantitative estimate of drug-likeness (QED) is 0.407. The average Bonchev–Trinajstić information content (AvgIpc) is 2.42. The first-order valence-corrected chi connectivity index (χ1v) is 7.35. The number of hydrogen-bond acceptors (Lipinski definition) is 6. The highest BCUT2D eigenvalue weighted by molar-refractivity contribution is 14.1. The molecule has 2 N–H and O–H groups in total. The summed E-state index contributed by atoms with van der Waals surface area (Å²) >= 11 is 1.87. The molecular formula is C13H16IN3O4. The van der Waals surface area contributed by atoms with Gasteiger partial charge >= 0.3 is 5.69 Å². The molecule has 0 aliphatic rings. The fourth-order valence-electron chi connectivity index (χ4n) is 1.53. The Hall–Kier alpha value is -1.44. The third-order valence-corrected chi connectivity index (χ3v) is 3.33. The van der Waals surface area contributed by atoms with Crippen LogP contribution in [0.15, 0.2) is 12.1 Å². The molecule has 8 heteroatoms. The van der Waals surface area contributed by atoms with Gasteiger partial charge in [0.2, 0.25) is 5.75 Å². The van der Waals surface area contributed by atoms with Crippen LogP contribution in [0.1, 0.15) is 19.4 Å². The zero-order chi connectivity index (χ0) is 16.0. The van der Waals surface area contributed by atoms with Crippen molar-refractivity contribution in [2.24, 2.45) is 0 Å². The van der Waals surface area contributed by atoms with E-state index in [2.05, 4.69) is 5.32 Å². The lowest BCUT2D eigenvalue weighted by Crippen LogP contribution is -2.35. The van der Waals surface area contributed by atoms with Crippen LogP contribution in [0.4, 0.5) is 5.69 Å². The van der Waals surface area contributed by atoms with Crippen LogP contribution in [-0.4, -0.2) is 35.3 Å². The summed E-state index contributed by atoms with van der Waals surface area (Å²) in [5.74, 6) is 0.0724. The number of benzene rings is 1. The van der Waals surface area contributed by atoms with Crippen molar-refractivity contribution in [3.63, 3.8) is 0 Å².